The molecule has 3 aromatic rings. The van der Waals surface area contributed by atoms with Crippen molar-refractivity contribution in [2.45, 2.75) is 18.8 Å². The van der Waals surface area contributed by atoms with Crippen molar-refractivity contribution in [3.63, 3.8) is 0 Å². The zero-order chi connectivity index (χ0) is 18.2. The molecule has 0 aliphatic carbocycles. The maximum atomic E-state index is 6.31. The molecule has 3 heterocycles. The first-order valence-corrected chi connectivity index (χ1v) is 9.28. The minimum atomic E-state index is 0.0799. The van der Waals surface area contributed by atoms with E-state index in [1.807, 2.05) is 30.3 Å². The Hall–Kier alpha value is -2.73. The lowest BCUT2D eigenvalue weighted by atomic mass is 9.92. The molecule has 1 atom stereocenters. The van der Waals surface area contributed by atoms with Crippen molar-refractivity contribution in [2.75, 3.05) is 19.8 Å². The van der Waals surface area contributed by atoms with Gasteiger partial charge in [-0.2, -0.15) is 4.98 Å². The van der Waals surface area contributed by atoms with Crippen molar-refractivity contribution in [3.05, 3.63) is 64.3 Å². The second-order valence-electron chi connectivity index (χ2n) is 6.55. The fraction of sp³-hybridized carbons (Fsp3) is 0.300. The summed E-state index contributed by atoms with van der Waals surface area (Å²) in [4.78, 5) is 4.62. The Labute approximate surface area is 161 Å². The summed E-state index contributed by atoms with van der Waals surface area (Å²) in [5.41, 5.74) is 2.03. The monoisotopic (exact) mass is 384 g/mol. The van der Waals surface area contributed by atoms with Crippen LogP contribution in [-0.4, -0.2) is 30.0 Å². The molecule has 0 spiro atoms. The molecule has 0 fully saturated rings. The lowest BCUT2D eigenvalue weighted by Gasteiger charge is -2.23. The minimum absolute atomic E-state index is 0.0799. The van der Waals surface area contributed by atoms with E-state index in [-0.39, 0.29) is 5.92 Å². The van der Waals surface area contributed by atoms with Crippen molar-refractivity contribution in [3.8, 4) is 17.2 Å². The summed E-state index contributed by atoms with van der Waals surface area (Å²) in [5.74, 6) is 3.44. The van der Waals surface area contributed by atoms with Gasteiger partial charge in [0.05, 0.1) is 24.0 Å². The van der Waals surface area contributed by atoms with Gasteiger partial charge in [0.1, 0.15) is 19.0 Å². The molecule has 27 heavy (non-hydrogen) atoms. The van der Waals surface area contributed by atoms with Gasteiger partial charge in [-0.25, -0.2) is 0 Å². The van der Waals surface area contributed by atoms with Gasteiger partial charge >= 0.3 is 0 Å². The smallest absolute Gasteiger partial charge is 0.231 e. The number of hydrogen-bond acceptors (Lipinski definition) is 6. The molecule has 1 aromatic heterocycles. The van der Waals surface area contributed by atoms with Crippen LogP contribution in [-0.2, 0) is 6.42 Å². The molecule has 0 N–H and O–H groups in total. The Morgan fingerprint density at radius 2 is 1.85 bits per heavy atom. The zero-order valence-corrected chi connectivity index (χ0v) is 15.2. The fourth-order valence-corrected chi connectivity index (χ4v) is 3.82. The van der Waals surface area contributed by atoms with E-state index in [0.717, 1.165) is 23.3 Å². The van der Waals surface area contributed by atoms with Gasteiger partial charge < -0.3 is 18.7 Å². The van der Waals surface area contributed by atoms with Gasteiger partial charge in [0, 0.05) is 5.56 Å². The van der Waals surface area contributed by atoms with Crippen LogP contribution >= 0.6 is 11.6 Å². The number of rotatable bonds is 3. The van der Waals surface area contributed by atoms with E-state index in [1.54, 1.807) is 0 Å². The Bertz CT molecular complexity index is 988. The molecule has 7 heteroatoms. The van der Waals surface area contributed by atoms with E-state index >= 15 is 0 Å². The van der Waals surface area contributed by atoms with Crippen LogP contribution < -0.4 is 14.2 Å². The van der Waals surface area contributed by atoms with Gasteiger partial charge in [-0.3, -0.25) is 0 Å². The van der Waals surface area contributed by atoms with E-state index < -0.39 is 0 Å². The average molecular weight is 385 g/mol. The van der Waals surface area contributed by atoms with Crippen LogP contribution in [0.5, 0.6) is 17.2 Å². The number of fused-ring (bicyclic) bond motifs is 2. The average Bonchev–Trinajstić information content (AvgIpc) is 3.16. The second-order valence-corrected chi connectivity index (χ2v) is 6.96. The molecule has 0 radical (unpaired) electrons. The lowest BCUT2D eigenvalue weighted by molar-refractivity contribution is 0.171. The normalized spacial score (nSPS) is 17.9. The van der Waals surface area contributed by atoms with Crippen LogP contribution in [0.15, 0.2) is 40.9 Å². The third-order valence-corrected chi connectivity index (χ3v) is 5.05. The van der Waals surface area contributed by atoms with E-state index in [4.69, 9.17) is 30.3 Å². The second kappa shape index (κ2) is 6.78. The summed E-state index contributed by atoms with van der Waals surface area (Å²) in [6.45, 7) is 1.66. The molecule has 0 saturated heterocycles. The van der Waals surface area contributed by atoms with E-state index in [9.17, 15) is 0 Å². The van der Waals surface area contributed by atoms with Crippen LogP contribution in [0.25, 0.3) is 0 Å². The van der Waals surface area contributed by atoms with Crippen molar-refractivity contribution >= 4 is 11.6 Å². The van der Waals surface area contributed by atoms with Gasteiger partial charge in [0.25, 0.3) is 0 Å². The number of para-hydroxylation sites is 1. The summed E-state index contributed by atoms with van der Waals surface area (Å²) < 4.78 is 22.4. The number of ether oxygens (including phenoxy) is 3. The number of aromatic nitrogens is 2. The number of benzene rings is 2. The van der Waals surface area contributed by atoms with Crippen LogP contribution in [0.4, 0.5) is 0 Å². The maximum absolute atomic E-state index is 6.31. The van der Waals surface area contributed by atoms with Crippen LogP contribution in [0.1, 0.15) is 35.2 Å². The third-order valence-electron chi connectivity index (χ3n) is 4.77. The first-order chi connectivity index (χ1) is 13.3. The molecule has 2 aliphatic heterocycles. The maximum Gasteiger partial charge on any atom is 0.231 e. The molecule has 0 bridgehead atoms. The Morgan fingerprint density at radius 1 is 1.00 bits per heavy atom. The summed E-state index contributed by atoms with van der Waals surface area (Å²) in [6.07, 6.45) is 1.31. The summed E-state index contributed by atoms with van der Waals surface area (Å²) >= 11 is 6.31. The van der Waals surface area contributed by atoms with Gasteiger partial charge in [-0.1, -0.05) is 35.0 Å². The molecule has 2 aliphatic rings. The standard InChI is InChI=1S/C20H17ClN2O4/c21-15-9-12(10-17-19(15)26-8-7-25-17)11-18-22-20(23-27-18)14-5-6-24-16-4-2-1-3-13(14)16/h1-4,9-10,14H,5-8,11H2. The van der Waals surface area contributed by atoms with Gasteiger partial charge in [0.15, 0.2) is 17.3 Å². The SMILES string of the molecule is Clc1cc(Cc2nc(C3CCOc4ccccc43)no2)cc2c1OCCO2. The zero-order valence-electron chi connectivity index (χ0n) is 14.5. The lowest BCUT2D eigenvalue weighted by Crippen LogP contribution is -2.16. The summed E-state index contributed by atoms with van der Waals surface area (Å²) in [5, 5.41) is 4.74. The third kappa shape index (κ3) is 3.10. The van der Waals surface area contributed by atoms with Crippen molar-refractivity contribution in [2.24, 2.45) is 0 Å². The van der Waals surface area contributed by atoms with Crippen molar-refractivity contribution in [1.82, 2.24) is 10.1 Å². The Balaban J connectivity index is 1.40. The Morgan fingerprint density at radius 3 is 2.81 bits per heavy atom. The topological polar surface area (TPSA) is 66.6 Å². The molecular weight excluding hydrogens is 368 g/mol. The number of hydrogen-bond donors (Lipinski definition) is 0. The van der Waals surface area contributed by atoms with Crippen molar-refractivity contribution in [1.29, 1.82) is 0 Å². The molecule has 138 valence electrons. The summed E-state index contributed by atoms with van der Waals surface area (Å²) in [6, 6.07) is 11.7. The van der Waals surface area contributed by atoms with E-state index in [2.05, 4.69) is 16.2 Å². The minimum Gasteiger partial charge on any atom is -0.493 e. The quantitative estimate of drug-likeness (QED) is 0.680. The number of nitrogens with zero attached hydrogens (tertiary/aromatic N) is 2. The molecule has 6 nitrogen and oxygen atoms in total. The van der Waals surface area contributed by atoms with Crippen LogP contribution in [0.2, 0.25) is 5.02 Å². The Kier molecular flexibility index (Phi) is 4.13. The van der Waals surface area contributed by atoms with Crippen LogP contribution in [0, 0.1) is 0 Å². The number of halogens is 1. The summed E-state index contributed by atoms with van der Waals surface area (Å²) in [7, 11) is 0. The first kappa shape index (κ1) is 16.4. The highest BCUT2D eigenvalue weighted by molar-refractivity contribution is 6.32. The highest BCUT2D eigenvalue weighted by Crippen LogP contribution is 2.39. The van der Waals surface area contributed by atoms with Crippen molar-refractivity contribution < 1.29 is 18.7 Å². The molecule has 0 saturated carbocycles. The molecule has 1 unspecified atom stereocenters. The molecular formula is C20H17ClN2O4. The molecule has 0 amide bonds. The predicted molar refractivity (Wildman–Crippen MR) is 97.9 cm³/mol. The predicted octanol–water partition coefficient (Wildman–Crippen LogP) is 4.00. The first-order valence-electron chi connectivity index (χ1n) is 8.90. The van der Waals surface area contributed by atoms with Gasteiger partial charge in [-0.15, -0.1) is 0 Å². The molecule has 2 aromatic carbocycles. The van der Waals surface area contributed by atoms with E-state index in [1.165, 1.54) is 0 Å². The van der Waals surface area contributed by atoms with Crippen LogP contribution in [0.3, 0.4) is 0 Å². The largest absolute Gasteiger partial charge is 0.493 e. The fourth-order valence-electron chi connectivity index (χ4n) is 3.53. The highest BCUT2D eigenvalue weighted by atomic mass is 35.5. The van der Waals surface area contributed by atoms with E-state index in [0.29, 0.717) is 54.5 Å². The highest BCUT2D eigenvalue weighted by Gasteiger charge is 2.27. The van der Waals surface area contributed by atoms with Gasteiger partial charge in [-0.05, 0) is 30.2 Å². The van der Waals surface area contributed by atoms with Gasteiger partial charge in [0.2, 0.25) is 5.89 Å². The molecule has 5 rings (SSSR count).